The fourth-order valence-electron chi connectivity index (χ4n) is 1.46. The van der Waals surface area contributed by atoms with Crippen molar-refractivity contribution in [2.75, 3.05) is 20.2 Å². The number of rotatable bonds is 2. The monoisotopic (exact) mass is 168 g/mol. The molecule has 66 valence electrons. The van der Waals surface area contributed by atoms with E-state index in [1.165, 1.54) is 0 Å². The molecule has 1 N–H and O–H groups in total. The Morgan fingerprint density at radius 2 is 2.67 bits per heavy atom. The predicted octanol–water partition coefficient (Wildman–Crippen LogP) is 0.760. The number of hydrogen-bond donors (Lipinski definition) is 1. The van der Waals surface area contributed by atoms with Gasteiger partial charge in [0.25, 0.3) is 5.88 Å². The highest BCUT2D eigenvalue weighted by molar-refractivity contribution is 5.15. The molecule has 12 heavy (non-hydrogen) atoms. The van der Waals surface area contributed by atoms with E-state index in [1.807, 2.05) is 6.07 Å². The molecule has 0 bridgehead atoms. The van der Waals surface area contributed by atoms with Crippen LogP contribution in [0.25, 0.3) is 0 Å². The predicted molar refractivity (Wildman–Crippen MR) is 43.3 cm³/mol. The molecule has 0 saturated carbocycles. The van der Waals surface area contributed by atoms with Gasteiger partial charge in [-0.15, -0.1) is 0 Å². The van der Waals surface area contributed by atoms with E-state index in [-0.39, 0.29) is 0 Å². The van der Waals surface area contributed by atoms with Crippen LogP contribution in [0.15, 0.2) is 10.6 Å². The van der Waals surface area contributed by atoms with E-state index in [0.29, 0.717) is 11.8 Å². The lowest BCUT2D eigenvalue weighted by Crippen LogP contribution is -2.07. The van der Waals surface area contributed by atoms with Gasteiger partial charge in [0.2, 0.25) is 0 Å². The minimum atomic E-state index is 0.474. The Morgan fingerprint density at radius 1 is 1.75 bits per heavy atom. The van der Waals surface area contributed by atoms with Crippen molar-refractivity contribution in [1.29, 1.82) is 0 Å². The highest BCUT2D eigenvalue weighted by Gasteiger charge is 2.20. The molecule has 2 heterocycles. The van der Waals surface area contributed by atoms with Gasteiger partial charge >= 0.3 is 0 Å². The standard InChI is InChI=1S/C8H12N2O2/c1-11-8-4-7(12-10-8)6-2-3-9-5-6/h4,6,9H,2-3,5H2,1H3. The molecule has 4 heteroatoms. The summed E-state index contributed by atoms with van der Waals surface area (Å²) in [7, 11) is 1.59. The van der Waals surface area contributed by atoms with Crippen LogP contribution in [0, 0.1) is 0 Å². The number of aromatic nitrogens is 1. The van der Waals surface area contributed by atoms with E-state index in [1.54, 1.807) is 7.11 Å². The molecule has 2 rings (SSSR count). The molecule has 0 aliphatic carbocycles. The van der Waals surface area contributed by atoms with Gasteiger partial charge in [-0.05, 0) is 18.1 Å². The fourth-order valence-corrected chi connectivity index (χ4v) is 1.46. The summed E-state index contributed by atoms with van der Waals surface area (Å²) in [5, 5.41) is 7.02. The van der Waals surface area contributed by atoms with E-state index >= 15 is 0 Å². The lowest BCUT2D eigenvalue weighted by atomic mass is 10.1. The lowest BCUT2D eigenvalue weighted by Gasteiger charge is -1.99. The summed E-state index contributed by atoms with van der Waals surface area (Å²) in [6.07, 6.45) is 1.12. The first kappa shape index (κ1) is 7.61. The third-order valence-corrected chi connectivity index (χ3v) is 2.18. The second-order valence-electron chi connectivity index (χ2n) is 2.96. The number of nitrogens with one attached hydrogen (secondary N) is 1. The lowest BCUT2D eigenvalue weighted by molar-refractivity contribution is 0.319. The third kappa shape index (κ3) is 1.30. The van der Waals surface area contributed by atoms with Crippen molar-refractivity contribution < 1.29 is 9.26 Å². The molecule has 0 amide bonds. The van der Waals surface area contributed by atoms with Crippen LogP contribution in [0.5, 0.6) is 5.88 Å². The second kappa shape index (κ2) is 3.15. The molecule has 0 radical (unpaired) electrons. The van der Waals surface area contributed by atoms with Crippen LogP contribution in [0.1, 0.15) is 18.1 Å². The third-order valence-electron chi connectivity index (χ3n) is 2.18. The van der Waals surface area contributed by atoms with E-state index in [2.05, 4.69) is 10.5 Å². The van der Waals surface area contributed by atoms with Gasteiger partial charge in [-0.2, -0.15) is 0 Å². The molecule has 4 nitrogen and oxygen atoms in total. The number of methoxy groups -OCH3 is 1. The molecule has 1 aromatic rings. The summed E-state index contributed by atoms with van der Waals surface area (Å²) in [5.74, 6) is 1.97. The van der Waals surface area contributed by atoms with E-state index in [4.69, 9.17) is 9.26 Å². The Balaban J connectivity index is 2.11. The van der Waals surface area contributed by atoms with E-state index < -0.39 is 0 Å². The number of ether oxygens (including phenoxy) is 1. The summed E-state index contributed by atoms with van der Waals surface area (Å²) in [6, 6.07) is 1.86. The minimum Gasteiger partial charge on any atom is -0.479 e. The molecule has 1 unspecified atom stereocenters. The zero-order valence-electron chi connectivity index (χ0n) is 7.04. The Hall–Kier alpha value is -1.03. The van der Waals surface area contributed by atoms with Gasteiger partial charge in [-0.3, -0.25) is 0 Å². The highest BCUT2D eigenvalue weighted by Crippen LogP contribution is 2.24. The van der Waals surface area contributed by atoms with Gasteiger partial charge < -0.3 is 14.6 Å². The largest absolute Gasteiger partial charge is 0.479 e. The first-order valence-electron chi connectivity index (χ1n) is 4.11. The van der Waals surface area contributed by atoms with Crippen LogP contribution in [0.2, 0.25) is 0 Å². The van der Waals surface area contributed by atoms with Crippen molar-refractivity contribution in [2.45, 2.75) is 12.3 Å². The highest BCUT2D eigenvalue weighted by atomic mass is 16.5. The smallest absolute Gasteiger partial charge is 0.254 e. The van der Waals surface area contributed by atoms with Crippen molar-refractivity contribution in [3.63, 3.8) is 0 Å². The zero-order chi connectivity index (χ0) is 8.39. The summed E-state index contributed by atoms with van der Waals surface area (Å²) < 4.78 is 10.1. The fraction of sp³-hybridized carbons (Fsp3) is 0.625. The molecular weight excluding hydrogens is 156 g/mol. The topological polar surface area (TPSA) is 47.3 Å². The summed E-state index contributed by atoms with van der Waals surface area (Å²) in [6.45, 7) is 2.05. The quantitative estimate of drug-likeness (QED) is 0.708. The van der Waals surface area contributed by atoms with Crippen LogP contribution in [0.4, 0.5) is 0 Å². The SMILES string of the molecule is COc1cc(C2CCNC2)on1. The van der Waals surface area contributed by atoms with Crippen LogP contribution in [-0.4, -0.2) is 25.4 Å². The average molecular weight is 168 g/mol. The molecule has 0 aromatic carbocycles. The molecule has 1 atom stereocenters. The van der Waals surface area contributed by atoms with Crippen molar-refractivity contribution >= 4 is 0 Å². The molecule has 1 aliphatic rings. The maximum atomic E-state index is 5.12. The first-order valence-corrected chi connectivity index (χ1v) is 4.11. The van der Waals surface area contributed by atoms with E-state index in [0.717, 1.165) is 25.3 Å². The summed E-state index contributed by atoms with van der Waals surface area (Å²) >= 11 is 0. The number of hydrogen-bond acceptors (Lipinski definition) is 4. The van der Waals surface area contributed by atoms with E-state index in [9.17, 15) is 0 Å². The van der Waals surface area contributed by atoms with Crippen LogP contribution in [-0.2, 0) is 0 Å². The molecule has 0 spiro atoms. The van der Waals surface area contributed by atoms with Crippen LogP contribution >= 0.6 is 0 Å². The Morgan fingerprint density at radius 3 is 3.25 bits per heavy atom. The van der Waals surface area contributed by atoms with Gasteiger partial charge in [0, 0.05) is 18.5 Å². The Kier molecular flexibility index (Phi) is 1.99. The minimum absolute atomic E-state index is 0.474. The molecule has 1 aromatic heterocycles. The Bertz CT molecular complexity index is 253. The Labute approximate surface area is 70.9 Å². The van der Waals surface area contributed by atoms with Gasteiger partial charge in [-0.25, -0.2) is 0 Å². The van der Waals surface area contributed by atoms with Gasteiger partial charge in [0.05, 0.1) is 7.11 Å². The van der Waals surface area contributed by atoms with Crippen molar-refractivity contribution in [3.8, 4) is 5.88 Å². The zero-order valence-corrected chi connectivity index (χ0v) is 7.04. The van der Waals surface area contributed by atoms with Gasteiger partial charge in [-0.1, -0.05) is 0 Å². The van der Waals surface area contributed by atoms with Crippen LogP contribution < -0.4 is 10.1 Å². The maximum Gasteiger partial charge on any atom is 0.254 e. The average Bonchev–Trinajstić information content (AvgIpc) is 2.75. The molecule has 1 fully saturated rings. The molecule has 1 saturated heterocycles. The van der Waals surface area contributed by atoms with Crippen molar-refractivity contribution in [2.24, 2.45) is 0 Å². The van der Waals surface area contributed by atoms with Crippen molar-refractivity contribution in [3.05, 3.63) is 11.8 Å². The van der Waals surface area contributed by atoms with Gasteiger partial charge in [0.15, 0.2) is 0 Å². The van der Waals surface area contributed by atoms with Crippen LogP contribution in [0.3, 0.4) is 0 Å². The number of nitrogens with zero attached hydrogens (tertiary/aromatic N) is 1. The molecular formula is C8H12N2O2. The summed E-state index contributed by atoms with van der Waals surface area (Å²) in [5.41, 5.74) is 0. The van der Waals surface area contributed by atoms with Gasteiger partial charge in [0.1, 0.15) is 5.76 Å². The first-order chi connectivity index (χ1) is 5.90. The normalized spacial score (nSPS) is 22.9. The molecule has 1 aliphatic heterocycles. The van der Waals surface area contributed by atoms with Crippen molar-refractivity contribution in [1.82, 2.24) is 10.5 Å². The maximum absolute atomic E-state index is 5.12. The second-order valence-corrected chi connectivity index (χ2v) is 2.96. The summed E-state index contributed by atoms with van der Waals surface area (Å²) in [4.78, 5) is 0.